The van der Waals surface area contributed by atoms with Crippen molar-refractivity contribution < 1.29 is 23.8 Å². The second-order valence-corrected chi connectivity index (χ2v) is 10.0. The zero-order valence-corrected chi connectivity index (χ0v) is 22.9. The molecule has 1 atom stereocenters. The minimum absolute atomic E-state index is 0.0184. The predicted octanol–water partition coefficient (Wildman–Crippen LogP) is 5.74. The van der Waals surface area contributed by atoms with Crippen LogP contribution in [0.5, 0.6) is 17.2 Å². The maximum Gasteiger partial charge on any atom is 0.247 e. The second kappa shape index (κ2) is 11.5. The number of imide groups is 1. The molecule has 1 fully saturated rings. The Kier molecular flexibility index (Phi) is 7.71. The molecule has 8 nitrogen and oxygen atoms in total. The third-order valence-electron chi connectivity index (χ3n) is 6.55. The fourth-order valence-corrected chi connectivity index (χ4v) is 5.74. The molecule has 0 bridgehead atoms. The van der Waals surface area contributed by atoms with E-state index in [0.717, 1.165) is 17.3 Å². The Morgan fingerprint density at radius 2 is 1.65 bits per heavy atom. The van der Waals surface area contributed by atoms with Gasteiger partial charge in [-0.2, -0.15) is 5.26 Å². The summed E-state index contributed by atoms with van der Waals surface area (Å²) in [7, 11) is 4.64. The van der Waals surface area contributed by atoms with Crippen LogP contribution < -0.4 is 19.1 Å². The molecule has 1 aromatic heterocycles. The summed E-state index contributed by atoms with van der Waals surface area (Å²) in [5, 5.41) is 9.94. The molecule has 0 spiro atoms. The van der Waals surface area contributed by atoms with Crippen molar-refractivity contribution in [3.05, 3.63) is 84.4 Å². The van der Waals surface area contributed by atoms with Crippen molar-refractivity contribution in [1.29, 1.82) is 5.26 Å². The van der Waals surface area contributed by atoms with Crippen molar-refractivity contribution in [3.8, 4) is 45.7 Å². The highest BCUT2D eigenvalue weighted by atomic mass is 32.2. The van der Waals surface area contributed by atoms with E-state index in [1.807, 2.05) is 48.5 Å². The van der Waals surface area contributed by atoms with E-state index in [4.69, 9.17) is 19.2 Å². The van der Waals surface area contributed by atoms with Gasteiger partial charge in [0.25, 0.3) is 0 Å². The van der Waals surface area contributed by atoms with Crippen LogP contribution in [0.25, 0.3) is 22.4 Å². The van der Waals surface area contributed by atoms with Crippen molar-refractivity contribution in [1.82, 2.24) is 4.98 Å². The molecule has 5 rings (SSSR count). The Bertz CT molecular complexity index is 1620. The number of anilines is 1. The van der Waals surface area contributed by atoms with Gasteiger partial charge in [-0.3, -0.25) is 9.59 Å². The van der Waals surface area contributed by atoms with E-state index in [2.05, 4.69) is 6.07 Å². The number of carbonyl (C=O) groups is 2. The van der Waals surface area contributed by atoms with E-state index in [-0.39, 0.29) is 23.8 Å². The standard InChI is InChI=1S/C31H25N3O5S/c1-37-21-14-12-20(13-15-21)34-28(35)17-27(31(34)36)40-30-24(18-32)23(16-25(33-30)19-8-5-4-6-9-19)22-10-7-11-26(38-2)29(22)39-3/h4-16,27H,17H2,1-3H3/t27-/m1/s1. The van der Waals surface area contributed by atoms with Gasteiger partial charge in [0, 0.05) is 23.1 Å². The molecule has 200 valence electrons. The van der Waals surface area contributed by atoms with Gasteiger partial charge in [0.1, 0.15) is 16.8 Å². The second-order valence-electron chi connectivity index (χ2n) is 8.83. The van der Waals surface area contributed by atoms with Gasteiger partial charge in [-0.15, -0.1) is 0 Å². The van der Waals surface area contributed by atoms with Gasteiger partial charge in [-0.1, -0.05) is 54.2 Å². The largest absolute Gasteiger partial charge is 0.497 e. The zero-order chi connectivity index (χ0) is 28.2. The number of para-hydroxylation sites is 1. The lowest BCUT2D eigenvalue weighted by Gasteiger charge is -2.18. The molecule has 1 aliphatic rings. The number of thioether (sulfide) groups is 1. The minimum atomic E-state index is -0.750. The smallest absolute Gasteiger partial charge is 0.247 e. The van der Waals surface area contributed by atoms with Crippen LogP contribution in [0.2, 0.25) is 0 Å². The molecule has 0 unspecified atom stereocenters. The highest BCUT2D eigenvalue weighted by molar-refractivity contribution is 8.00. The molecule has 3 aromatic carbocycles. The fourth-order valence-electron chi connectivity index (χ4n) is 4.62. The van der Waals surface area contributed by atoms with E-state index in [0.29, 0.717) is 44.8 Å². The van der Waals surface area contributed by atoms with Gasteiger partial charge in [0.15, 0.2) is 11.5 Å². The first-order valence-corrected chi connectivity index (χ1v) is 13.3. The van der Waals surface area contributed by atoms with Crippen LogP contribution in [-0.4, -0.2) is 43.4 Å². The minimum Gasteiger partial charge on any atom is -0.497 e. The maximum atomic E-state index is 13.5. The van der Waals surface area contributed by atoms with E-state index in [9.17, 15) is 14.9 Å². The van der Waals surface area contributed by atoms with Crippen LogP contribution in [-0.2, 0) is 9.59 Å². The first kappa shape index (κ1) is 26.8. The Labute approximate surface area is 236 Å². The molecule has 1 saturated heterocycles. The average Bonchev–Trinajstić information content (AvgIpc) is 3.28. The molecule has 2 heterocycles. The lowest BCUT2D eigenvalue weighted by Crippen LogP contribution is -2.31. The van der Waals surface area contributed by atoms with Crippen LogP contribution in [0, 0.1) is 11.3 Å². The summed E-state index contributed by atoms with van der Waals surface area (Å²) in [6, 6.07) is 25.8. The number of methoxy groups -OCH3 is 3. The summed E-state index contributed by atoms with van der Waals surface area (Å²) in [6.07, 6.45) is -0.0184. The summed E-state index contributed by atoms with van der Waals surface area (Å²) in [5.41, 5.74) is 3.43. The number of ether oxygens (including phenoxy) is 3. The first-order chi connectivity index (χ1) is 19.5. The Morgan fingerprint density at radius 3 is 2.30 bits per heavy atom. The zero-order valence-electron chi connectivity index (χ0n) is 22.1. The molecule has 40 heavy (non-hydrogen) atoms. The van der Waals surface area contributed by atoms with E-state index in [1.54, 1.807) is 51.7 Å². The lowest BCUT2D eigenvalue weighted by atomic mass is 9.98. The molecule has 0 aliphatic carbocycles. The molecule has 4 aromatic rings. The Morgan fingerprint density at radius 1 is 0.900 bits per heavy atom. The molecule has 1 aliphatic heterocycles. The number of aromatic nitrogens is 1. The Balaban J connectivity index is 1.60. The summed E-state index contributed by atoms with van der Waals surface area (Å²) in [5.74, 6) is 0.926. The van der Waals surface area contributed by atoms with Crippen LogP contribution in [0.3, 0.4) is 0 Å². The summed E-state index contributed by atoms with van der Waals surface area (Å²) >= 11 is 1.12. The van der Waals surface area contributed by atoms with Gasteiger partial charge in [0.2, 0.25) is 11.8 Å². The maximum absolute atomic E-state index is 13.5. The molecule has 2 amide bonds. The third-order valence-corrected chi connectivity index (χ3v) is 7.72. The van der Waals surface area contributed by atoms with Crippen LogP contribution >= 0.6 is 11.8 Å². The predicted molar refractivity (Wildman–Crippen MR) is 153 cm³/mol. The SMILES string of the molecule is COc1ccc(N2C(=O)C[C@@H](Sc3nc(-c4ccccc4)cc(-c4cccc(OC)c4OC)c3C#N)C2=O)cc1. The van der Waals surface area contributed by atoms with Gasteiger partial charge < -0.3 is 14.2 Å². The normalized spacial score (nSPS) is 14.7. The molecular formula is C31H25N3O5S. The number of pyridine rings is 1. The summed E-state index contributed by atoms with van der Waals surface area (Å²) in [6.45, 7) is 0. The Hall–Kier alpha value is -4.81. The van der Waals surface area contributed by atoms with Gasteiger partial charge in [-0.25, -0.2) is 9.88 Å². The van der Waals surface area contributed by atoms with Gasteiger partial charge in [0.05, 0.1) is 43.5 Å². The van der Waals surface area contributed by atoms with Crippen molar-refractivity contribution in [3.63, 3.8) is 0 Å². The van der Waals surface area contributed by atoms with Gasteiger partial charge in [-0.05, 0) is 36.4 Å². The quantitative estimate of drug-likeness (QED) is 0.256. The van der Waals surface area contributed by atoms with Crippen LogP contribution in [0.4, 0.5) is 5.69 Å². The average molecular weight is 552 g/mol. The van der Waals surface area contributed by atoms with E-state index in [1.165, 1.54) is 4.90 Å². The molecule has 0 radical (unpaired) electrons. The van der Waals surface area contributed by atoms with Crippen molar-refractivity contribution in [2.45, 2.75) is 16.7 Å². The van der Waals surface area contributed by atoms with Crippen molar-refractivity contribution in [2.24, 2.45) is 0 Å². The van der Waals surface area contributed by atoms with E-state index < -0.39 is 5.25 Å². The number of nitrogens with zero attached hydrogens (tertiary/aromatic N) is 3. The first-order valence-electron chi connectivity index (χ1n) is 12.4. The number of hydrogen-bond donors (Lipinski definition) is 0. The number of benzene rings is 3. The third kappa shape index (κ3) is 4.97. The molecule has 0 N–H and O–H groups in total. The molecule has 9 heteroatoms. The number of carbonyl (C=O) groups excluding carboxylic acids is 2. The summed E-state index contributed by atoms with van der Waals surface area (Å²) < 4.78 is 16.4. The number of nitriles is 1. The highest BCUT2D eigenvalue weighted by Crippen LogP contribution is 2.44. The highest BCUT2D eigenvalue weighted by Gasteiger charge is 2.41. The monoisotopic (exact) mass is 551 g/mol. The van der Waals surface area contributed by atoms with Gasteiger partial charge >= 0.3 is 0 Å². The lowest BCUT2D eigenvalue weighted by molar-refractivity contribution is -0.121. The van der Waals surface area contributed by atoms with E-state index >= 15 is 0 Å². The topological polar surface area (TPSA) is 102 Å². The summed E-state index contributed by atoms with van der Waals surface area (Å²) in [4.78, 5) is 32.4. The number of hydrogen-bond acceptors (Lipinski definition) is 8. The van der Waals surface area contributed by atoms with Crippen LogP contribution in [0.1, 0.15) is 12.0 Å². The number of amides is 2. The molecule has 0 saturated carbocycles. The number of rotatable bonds is 8. The van der Waals surface area contributed by atoms with Crippen LogP contribution in [0.15, 0.2) is 83.9 Å². The van der Waals surface area contributed by atoms with Crippen molar-refractivity contribution in [2.75, 3.05) is 26.2 Å². The fraction of sp³-hybridized carbons (Fsp3) is 0.161. The van der Waals surface area contributed by atoms with Crippen molar-refractivity contribution >= 4 is 29.3 Å². The molecular weight excluding hydrogens is 526 g/mol.